The molecule has 7 heteroatoms. The number of halogens is 1. The molecule has 3 N–H and O–H groups in total. The summed E-state index contributed by atoms with van der Waals surface area (Å²) >= 11 is 5.64. The van der Waals surface area contributed by atoms with E-state index in [4.69, 9.17) is 17.3 Å². The number of carbonyl (C=O) groups is 1. The summed E-state index contributed by atoms with van der Waals surface area (Å²) in [5, 5.41) is 13.2. The average molecular weight is 258 g/mol. The van der Waals surface area contributed by atoms with E-state index in [0.29, 0.717) is 5.69 Å². The van der Waals surface area contributed by atoms with E-state index in [2.05, 4.69) is 5.32 Å². The van der Waals surface area contributed by atoms with Gasteiger partial charge in [-0.05, 0) is 12.1 Å². The van der Waals surface area contributed by atoms with Crippen molar-refractivity contribution in [2.45, 2.75) is 6.92 Å². The van der Waals surface area contributed by atoms with Crippen LogP contribution in [0, 0.1) is 16.0 Å². The molecular formula is C10H12ClN3O3. The van der Waals surface area contributed by atoms with Gasteiger partial charge in [-0.15, -0.1) is 0 Å². The summed E-state index contributed by atoms with van der Waals surface area (Å²) in [5.41, 5.74) is 5.42. The van der Waals surface area contributed by atoms with Gasteiger partial charge in [0, 0.05) is 24.2 Å². The molecule has 0 aliphatic carbocycles. The molecule has 0 radical (unpaired) electrons. The van der Waals surface area contributed by atoms with Crippen molar-refractivity contribution in [3.8, 4) is 0 Å². The van der Waals surface area contributed by atoms with Crippen LogP contribution in [0.1, 0.15) is 6.92 Å². The smallest absolute Gasteiger partial charge is 0.289 e. The van der Waals surface area contributed by atoms with Crippen LogP contribution in [-0.2, 0) is 4.79 Å². The minimum absolute atomic E-state index is 0.0277. The molecule has 0 spiro atoms. The fraction of sp³-hybridized carbons (Fsp3) is 0.300. The van der Waals surface area contributed by atoms with Gasteiger partial charge in [0.1, 0.15) is 5.02 Å². The Morgan fingerprint density at radius 1 is 1.65 bits per heavy atom. The van der Waals surface area contributed by atoms with E-state index < -0.39 is 4.92 Å². The number of benzene rings is 1. The van der Waals surface area contributed by atoms with Crippen LogP contribution >= 0.6 is 11.6 Å². The lowest BCUT2D eigenvalue weighted by Gasteiger charge is -2.09. The van der Waals surface area contributed by atoms with Gasteiger partial charge >= 0.3 is 0 Å². The van der Waals surface area contributed by atoms with Crippen molar-refractivity contribution in [3.63, 3.8) is 0 Å². The van der Waals surface area contributed by atoms with Crippen LogP contribution < -0.4 is 11.1 Å². The number of nitrogens with one attached hydrogen (secondary N) is 1. The molecular weight excluding hydrogens is 246 g/mol. The summed E-state index contributed by atoms with van der Waals surface area (Å²) in [6.45, 7) is 1.88. The number of nitro groups is 1. The van der Waals surface area contributed by atoms with Crippen LogP contribution in [0.3, 0.4) is 0 Å². The van der Waals surface area contributed by atoms with E-state index in [1.165, 1.54) is 18.2 Å². The van der Waals surface area contributed by atoms with Gasteiger partial charge < -0.3 is 11.1 Å². The monoisotopic (exact) mass is 257 g/mol. The molecule has 1 unspecified atom stereocenters. The predicted octanol–water partition coefficient (Wildman–Crippen LogP) is 1.78. The maximum atomic E-state index is 11.5. The Labute approximate surface area is 103 Å². The van der Waals surface area contributed by atoms with E-state index in [9.17, 15) is 14.9 Å². The van der Waals surface area contributed by atoms with E-state index in [1.54, 1.807) is 6.92 Å². The molecule has 0 saturated heterocycles. The van der Waals surface area contributed by atoms with Crippen molar-refractivity contribution in [1.82, 2.24) is 0 Å². The van der Waals surface area contributed by atoms with Crippen LogP contribution in [0.5, 0.6) is 0 Å². The zero-order valence-electron chi connectivity index (χ0n) is 9.14. The first kappa shape index (κ1) is 13.4. The second-order valence-electron chi connectivity index (χ2n) is 3.55. The second kappa shape index (κ2) is 5.60. The highest BCUT2D eigenvalue weighted by Crippen LogP contribution is 2.27. The molecule has 0 aromatic heterocycles. The third kappa shape index (κ3) is 3.40. The van der Waals surface area contributed by atoms with Crippen molar-refractivity contribution >= 4 is 28.9 Å². The summed E-state index contributed by atoms with van der Waals surface area (Å²) in [6, 6.07) is 4.07. The van der Waals surface area contributed by atoms with Gasteiger partial charge in [-0.3, -0.25) is 14.9 Å². The molecule has 0 aliphatic rings. The van der Waals surface area contributed by atoms with Crippen molar-refractivity contribution < 1.29 is 9.72 Å². The highest BCUT2D eigenvalue weighted by Gasteiger charge is 2.15. The van der Waals surface area contributed by atoms with Crippen LogP contribution in [0.4, 0.5) is 11.4 Å². The molecule has 0 aliphatic heterocycles. The fourth-order valence-electron chi connectivity index (χ4n) is 1.10. The third-order valence-electron chi connectivity index (χ3n) is 2.21. The number of nitrogens with two attached hydrogens (primary N) is 1. The van der Waals surface area contributed by atoms with Crippen LogP contribution in [0.2, 0.25) is 5.02 Å². The molecule has 0 saturated carbocycles. The van der Waals surface area contributed by atoms with E-state index in [0.717, 1.165) is 0 Å². The number of hydrogen-bond acceptors (Lipinski definition) is 4. The Balaban J connectivity index is 2.90. The van der Waals surface area contributed by atoms with Crippen LogP contribution in [-0.4, -0.2) is 17.4 Å². The number of amides is 1. The lowest BCUT2D eigenvalue weighted by Crippen LogP contribution is -2.26. The Hall–Kier alpha value is -1.66. The molecule has 1 rings (SSSR count). The van der Waals surface area contributed by atoms with E-state index >= 15 is 0 Å². The summed E-state index contributed by atoms with van der Waals surface area (Å²) in [5.74, 6) is -0.645. The van der Waals surface area contributed by atoms with Gasteiger partial charge in [-0.2, -0.15) is 0 Å². The lowest BCUT2D eigenvalue weighted by atomic mass is 10.1. The first-order chi connectivity index (χ1) is 7.95. The van der Waals surface area contributed by atoms with Crippen LogP contribution in [0.25, 0.3) is 0 Å². The molecule has 17 heavy (non-hydrogen) atoms. The molecule has 0 fully saturated rings. The zero-order chi connectivity index (χ0) is 13.0. The highest BCUT2D eigenvalue weighted by atomic mass is 35.5. The SMILES string of the molecule is CC(CN)C(=O)Nc1ccc(Cl)c([N+](=O)[O-])c1. The largest absolute Gasteiger partial charge is 0.330 e. The number of hydrogen-bond donors (Lipinski definition) is 2. The zero-order valence-corrected chi connectivity index (χ0v) is 9.90. The first-order valence-corrected chi connectivity index (χ1v) is 5.28. The van der Waals surface area contributed by atoms with Crippen molar-refractivity contribution in [2.75, 3.05) is 11.9 Å². The molecule has 1 amide bonds. The highest BCUT2D eigenvalue weighted by molar-refractivity contribution is 6.32. The molecule has 1 atom stereocenters. The minimum Gasteiger partial charge on any atom is -0.330 e. The summed E-state index contributed by atoms with van der Waals surface area (Å²) in [6.07, 6.45) is 0. The minimum atomic E-state index is -0.607. The van der Waals surface area contributed by atoms with Gasteiger partial charge in [-0.25, -0.2) is 0 Å². The number of rotatable bonds is 4. The summed E-state index contributed by atoms with van der Waals surface area (Å²) < 4.78 is 0. The van der Waals surface area contributed by atoms with Gasteiger partial charge in [0.25, 0.3) is 5.69 Å². The molecule has 0 bridgehead atoms. The average Bonchev–Trinajstić information content (AvgIpc) is 2.30. The summed E-state index contributed by atoms with van der Waals surface area (Å²) in [7, 11) is 0. The lowest BCUT2D eigenvalue weighted by molar-refractivity contribution is -0.384. The standard InChI is InChI=1S/C10H12ClN3O3/c1-6(5-12)10(15)13-7-2-3-8(11)9(4-7)14(16)17/h2-4,6H,5,12H2,1H3,(H,13,15). The van der Waals surface area contributed by atoms with E-state index in [-0.39, 0.29) is 29.1 Å². The number of nitro benzene ring substituents is 1. The predicted molar refractivity (Wildman–Crippen MR) is 65.0 cm³/mol. The van der Waals surface area contributed by atoms with Crippen molar-refractivity contribution in [1.29, 1.82) is 0 Å². The Bertz CT molecular complexity index is 450. The molecule has 0 heterocycles. The Morgan fingerprint density at radius 3 is 2.82 bits per heavy atom. The normalized spacial score (nSPS) is 11.9. The molecule has 1 aromatic carbocycles. The Kier molecular flexibility index (Phi) is 4.42. The topological polar surface area (TPSA) is 98.3 Å². The quantitative estimate of drug-likeness (QED) is 0.634. The number of anilines is 1. The van der Waals surface area contributed by atoms with Gasteiger partial charge in [0.2, 0.25) is 5.91 Å². The van der Waals surface area contributed by atoms with E-state index in [1.807, 2.05) is 0 Å². The fourth-order valence-corrected chi connectivity index (χ4v) is 1.29. The maximum absolute atomic E-state index is 11.5. The summed E-state index contributed by atoms with van der Waals surface area (Å²) in [4.78, 5) is 21.5. The molecule has 92 valence electrons. The maximum Gasteiger partial charge on any atom is 0.289 e. The molecule has 1 aromatic rings. The second-order valence-corrected chi connectivity index (χ2v) is 3.96. The van der Waals surface area contributed by atoms with Gasteiger partial charge in [-0.1, -0.05) is 18.5 Å². The van der Waals surface area contributed by atoms with Crippen molar-refractivity contribution in [2.24, 2.45) is 11.7 Å². The Morgan fingerprint density at radius 2 is 2.29 bits per heavy atom. The third-order valence-corrected chi connectivity index (χ3v) is 2.53. The van der Waals surface area contributed by atoms with Crippen molar-refractivity contribution in [3.05, 3.63) is 33.3 Å². The van der Waals surface area contributed by atoms with Gasteiger partial charge in [0.15, 0.2) is 0 Å². The molecule has 6 nitrogen and oxygen atoms in total. The first-order valence-electron chi connectivity index (χ1n) is 4.90. The number of carbonyl (C=O) groups excluding carboxylic acids is 1. The number of nitrogens with zero attached hydrogens (tertiary/aromatic N) is 1. The van der Waals surface area contributed by atoms with Gasteiger partial charge in [0.05, 0.1) is 4.92 Å². The van der Waals surface area contributed by atoms with Crippen LogP contribution in [0.15, 0.2) is 18.2 Å².